The quantitative estimate of drug-likeness (QED) is 0.717. The van der Waals surface area contributed by atoms with Gasteiger partial charge in [-0.3, -0.25) is 9.78 Å². The average molecular weight is 390 g/mol. The van der Waals surface area contributed by atoms with Crippen molar-refractivity contribution in [2.75, 3.05) is 13.1 Å². The van der Waals surface area contributed by atoms with Crippen molar-refractivity contribution < 1.29 is 9.32 Å². The molecule has 1 atom stereocenters. The molecule has 0 bridgehead atoms. The Labute approximate surface area is 170 Å². The van der Waals surface area contributed by atoms with E-state index in [-0.39, 0.29) is 17.7 Å². The molecule has 0 aliphatic carbocycles. The van der Waals surface area contributed by atoms with E-state index < -0.39 is 0 Å². The highest BCUT2D eigenvalue weighted by molar-refractivity contribution is 5.92. The lowest BCUT2D eigenvalue weighted by Gasteiger charge is -2.30. The Morgan fingerprint density at radius 2 is 2.03 bits per heavy atom. The van der Waals surface area contributed by atoms with Crippen LogP contribution in [0, 0.1) is 6.92 Å². The number of pyridine rings is 1. The number of carbonyl (C=O) groups excluding carboxylic acids is 1. The summed E-state index contributed by atoms with van der Waals surface area (Å²) >= 11 is 0. The van der Waals surface area contributed by atoms with Crippen molar-refractivity contribution in [3.8, 4) is 11.3 Å². The fraction of sp³-hybridized carbons (Fsp3) is 0.348. The third-order valence-electron chi connectivity index (χ3n) is 5.37. The summed E-state index contributed by atoms with van der Waals surface area (Å²) in [6.45, 7) is 4.40. The van der Waals surface area contributed by atoms with Crippen LogP contribution in [0.4, 0.5) is 0 Å². The molecule has 1 aliphatic rings. The third-order valence-corrected chi connectivity index (χ3v) is 5.37. The van der Waals surface area contributed by atoms with Gasteiger partial charge in [0, 0.05) is 23.9 Å². The van der Waals surface area contributed by atoms with Gasteiger partial charge < -0.3 is 14.7 Å². The Bertz CT molecular complexity index is 929. The number of carbonyl (C=O) groups is 1. The normalized spacial score (nSPS) is 16.9. The van der Waals surface area contributed by atoms with E-state index >= 15 is 0 Å². The zero-order chi connectivity index (χ0) is 20.1. The fourth-order valence-corrected chi connectivity index (χ4v) is 3.72. The predicted octanol–water partition coefficient (Wildman–Crippen LogP) is 3.83. The molecule has 1 aromatic carbocycles. The number of rotatable bonds is 5. The molecule has 3 aromatic rings. The molecule has 150 valence electrons. The lowest BCUT2D eigenvalue weighted by molar-refractivity contribution is 0.0600. The number of nitrogens with one attached hydrogen (secondary N) is 1. The number of aryl methyl sites for hydroxylation is 1. The highest BCUT2D eigenvalue weighted by Gasteiger charge is 2.28. The number of hydrogen-bond acceptors (Lipinski definition) is 5. The second-order valence-electron chi connectivity index (χ2n) is 7.53. The van der Waals surface area contributed by atoms with Crippen LogP contribution in [0.3, 0.4) is 0 Å². The molecule has 4 rings (SSSR count). The van der Waals surface area contributed by atoms with Crippen LogP contribution in [0.5, 0.6) is 0 Å². The van der Waals surface area contributed by atoms with Gasteiger partial charge in [0.25, 0.3) is 5.91 Å². The standard InChI is InChI=1S/C23H26N4O2/c1-17-7-9-18(10-8-17)21-15-22(29-26-21)23(28)27(16-19-5-2-3-13-25-19)20-6-4-12-24-14-11-20/h2-3,5,7-10,13,15,20,24H,4,6,11-12,14,16H2,1H3. The van der Waals surface area contributed by atoms with Crippen LogP contribution in [0.2, 0.25) is 0 Å². The van der Waals surface area contributed by atoms with E-state index in [0.717, 1.165) is 43.6 Å². The highest BCUT2D eigenvalue weighted by Crippen LogP contribution is 2.23. The molecule has 6 nitrogen and oxygen atoms in total. The Kier molecular flexibility index (Phi) is 6.00. The minimum atomic E-state index is -0.131. The topological polar surface area (TPSA) is 71.3 Å². The van der Waals surface area contributed by atoms with Gasteiger partial charge in [-0.2, -0.15) is 0 Å². The van der Waals surface area contributed by atoms with Crippen LogP contribution < -0.4 is 5.32 Å². The van der Waals surface area contributed by atoms with Gasteiger partial charge in [0.2, 0.25) is 5.76 Å². The first-order chi connectivity index (χ1) is 14.2. The maximum absolute atomic E-state index is 13.4. The minimum absolute atomic E-state index is 0.131. The van der Waals surface area contributed by atoms with Gasteiger partial charge in [-0.1, -0.05) is 41.1 Å². The molecule has 1 amide bonds. The Morgan fingerprint density at radius 1 is 1.17 bits per heavy atom. The molecule has 1 saturated heterocycles. The van der Waals surface area contributed by atoms with E-state index in [1.807, 2.05) is 54.3 Å². The number of aromatic nitrogens is 2. The van der Waals surface area contributed by atoms with E-state index in [1.165, 1.54) is 5.56 Å². The summed E-state index contributed by atoms with van der Waals surface area (Å²) in [6, 6.07) is 15.7. The van der Waals surface area contributed by atoms with E-state index in [4.69, 9.17) is 4.52 Å². The van der Waals surface area contributed by atoms with E-state index in [2.05, 4.69) is 15.5 Å². The second-order valence-corrected chi connectivity index (χ2v) is 7.53. The van der Waals surface area contributed by atoms with Crippen molar-refractivity contribution in [3.05, 3.63) is 71.7 Å². The highest BCUT2D eigenvalue weighted by atomic mass is 16.5. The monoisotopic (exact) mass is 390 g/mol. The maximum Gasteiger partial charge on any atom is 0.293 e. The van der Waals surface area contributed by atoms with Gasteiger partial charge in [-0.15, -0.1) is 0 Å². The van der Waals surface area contributed by atoms with Gasteiger partial charge >= 0.3 is 0 Å². The summed E-state index contributed by atoms with van der Waals surface area (Å²) in [5.74, 6) is 0.141. The lowest BCUT2D eigenvalue weighted by atomic mass is 10.1. The Morgan fingerprint density at radius 3 is 2.83 bits per heavy atom. The van der Waals surface area contributed by atoms with Crippen molar-refractivity contribution in [2.24, 2.45) is 0 Å². The van der Waals surface area contributed by atoms with Crippen LogP contribution >= 0.6 is 0 Å². The summed E-state index contributed by atoms with van der Waals surface area (Å²) in [6.07, 6.45) is 4.68. The van der Waals surface area contributed by atoms with Crippen molar-refractivity contribution >= 4 is 5.91 Å². The molecule has 1 aliphatic heterocycles. The average Bonchev–Trinajstić information content (AvgIpc) is 3.09. The van der Waals surface area contributed by atoms with E-state index in [9.17, 15) is 4.79 Å². The Hall–Kier alpha value is -2.99. The molecule has 0 spiro atoms. The van der Waals surface area contributed by atoms with Gasteiger partial charge in [0.1, 0.15) is 5.69 Å². The number of amides is 1. The summed E-state index contributed by atoms with van der Waals surface area (Å²) in [4.78, 5) is 19.7. The molecule has 0 saturated carbocycles. The summed E-state index contributed by atoms with van der Waals surface area (Å²) in [5.41, 5.74) is 3.66. The molecule has 1 unspecified atom stereocenters. The third kappa shape index (κ3) is 4.71. The lowest BCUT2D eigenvalue weighted by Crippen LogP contribution is -2.40. The van der Waals surface area contributed by atoms with Crippen molar-refractivity contribution in [1.29, 1.82) is 0 Å². The van der Waals surface area contributed by atoms with E-state index in [1.54, 1.807) is 12.3 Å². The number of benzene rings is 1. The van der Waals surface area contributed by atoms with Crippen LogP contribution in [-0.4, -0.2) is 40.1 Å². The SMILES string of the molecule is Cc1ccc(-c2cc(C(=O)N(Cc3ccccn3)C3CCCNCC3)on2)cc1. The molecule has 2 aromatic heterocycles. The largest absolute Gasteiger partial charge is 0.350 e. The second kappa shape index (κ2) is 9.01. The number of hydrogen-bond donors (Lipinski definition) is 1. The van der Waals surface area contributed by atoms with E-state index in [0.29, 0.717) is 12.2 Å². The summed E-state index contributed by atoms with van der Waals surface area (Å²) in [7, 11) is 0. The summed E-state index contributed by atoms with van der Waals surface area (Å²) in [5, 5.41) is 7.56. The molecule has 1 N–H and O–H groups in total. The van der Waals surface area contributed by atoms with Gasteiger partial charge in [0.05, 0.1) is 12.2 Å². The smallest absolute Gasteiger partial charge is 0.293 e. The summed E-state index contributed by atoms with van der Waals surface area (Å²) < 4.78 is 5.47. The van der Waals surface area contributed by atoms with Crippen molar-refractivity contribution in [2.45, 2.75) is 38.8 Å². The molecule has 1 fully saturated rings. The first-order valence-electron chi connectivity index (χ1n) is 10.2. The first-order valence-corrected chi connectivity index (χ1v) is 10.2. The van der Waals surface area contributed by atoms with Gasteiger partial charge in [0.15, 0.2) is 0 Å². The van der Waals surface area contributed by atoms with Crippen LogP contribution in [-0.2, 0) is 6.54 Å². The molecule has 29 heavy (non-hydrogen) atoms. The molecular formula is C23H26N4O2. The predicted molar refractivity (Wildman–Crippen MR) is 111 cm³/mol. The Balaban J connectivity index is 1.59. The minimum Gasteiger partial charge on any atom is -0.350 e. The van der Waals surface area contributed by atoms with Crippen LogP contribution in [0.1, 0.15) is 41.1 Å². The molecule has 0 radical (unpaired) electrons. The zero-order valence-electron chi connectivity index (χ0n) is 16.7. The maximum atomic E-state index is 13.4. The van der Waals surface area contributed by atoms with Crippen molar-refractivity contribution in [3.63, 3.8) is 0 Å². The van der Waals surface area contributed by atoms with Gasteiger partial charge in [-0.05, 0) is 51.4 Å². The fourth-order valence-electron chi connectivity index (χ4n) is 3.72. The van der Waals surface area contributed by atoms with Crippen LogP contribution in [0.15, 0.2) is 59.3 Å². The zero-order valence-corrected chi connectivity index (χ0v) is 16.7. The van der Waals surface area contributed by atoms with Crippen LogP contribution in [0.25, 0.3) is 11.3 Å². The molecule has 3 heterocycles. The van der Waals surface area contributed by atoms with Crippen molar-refractivity contribution in [1.82, 2.24) is 20.4 Å². The molecular weight excluding hydrogens is 364 g/mol. The number of nitrogens with zero attached hydrogens (tertiary/aromatic N) is 3. The molecule has 6 heteroatoms. The van der Waals surface area contributed by atoms with Gasteiger partial charge in [-0.25, -0.2) is 0 Å². The first kappa shape index (κ1) is 19.3.